The summed E-state index contributed by atoms with van der Waals surface area (Å²) >= 11 is 0. The topological polar surface area (TPSA) is 131 Å². The first kappa shape index (κ1) is 24.1. The van der Waals surface area contributed by atoms with Crippen LogP contribution in [0.15, 0.2) is 42.5 Å². The predicted molar refractivity (Wildman–Crippen MR) is 117 cm³/mol. The zero-order valence-electron chi connectivity index (χ0n) is 17.6. The van der Waals surface area contributed by atoms with Crippen molar-refractivity contribution in [1.29, 1.82) is 0 Å². The molecule has 1 fully saturated rings. The van der Waals surface area contributed by atoms with E-state index < -0.39 is 42.3 Å². The monoisotopic (exact) mass is 462 g/mol. The first-order valence-corrected chi connectivity index (χ1v) is 10.3. The van der Waals surface area contributed by atoms with E-state index in [0.717, 1.165) is 31.0 Å². The zero-order valence-corrected chi connectivity index (χ0v) is 17.6. The number of benzene rings is 2. The Morgan fingerprint density at radius 2 is 1.70 bits per heavy atom. The zero-order chi connectivity index (χ0) is 24.0. The molecular weight excluding hydrogens is 438 g/mol. The van der Waals surface area contributed by atoms with Crippen LogP contribution in [0.2, 0.25) is 0 Å². The third-order valence-electron chi connectivity index (χ3n) is 5.27. The highest BCUT2D eigenvalue weighted by Crippen LogP contribution is 2.26. The number of halogens is 2. The van der Waals surface area contributed by atoms with Crippen LogP contribution in [0.3, 0.4) is 0 Å². The SMILES string of the molecule is O=C(Nc1ccc(F)cc1)NC(CO)(CO)C(=O)Nc1ccc(N2CCCCC2=O)cc1F. The van der Waals surface area contributed by atoms with E-state index in [1.807, 2.05) is 0 Å². The summed E-state index contributed by atoms with van der Waals surface area (Å²) in [7, 11) is 0. The van der Waals surface area contributed by atoms with Crippen molar-refractivity contribution in [3.05, 3.63) is 54.1 Å². The van der Waals surface area contributed by atoms with E-state index in [0.29, 0.717) is 18.7 Å². The molecule has 11 heteroatoms. The van der Waals surface area contributed by atoms with Crippen LogP contribution in [0.1, 0.15) is 19.3 Å². The molecule has 0 bridgehead atoms. The van der Waals surface area contributed by atoms with Gasteiger partial charge in [-0.2, -0.15) is 0 Å². The minimum absolute atomic E-state index is 0.117. The quantitative estimate of drug-likeness (QED) is 0.429. The van der Waals surface area contributed by atoms with Gasteiger partial charge in [0.1, 0.15) is 11.6 Å². The molecule has 9 nitrogen and oxygen atoms in total. The summed E-state index contributed by atoms with van der Waals surface area (Å²) in [6.45, 7) is -1.52. The molecular formula is C22H24F2N4O5. The number of carbonyl (C=O) groups is 3. The van der Waals surface area contributed by atoms with Crippen molar-refractivity contribution in [2.45, 2.75) is 24.8 Å². The van der Waals surface area contributed by atoms with E-state index in [1.54, 1.807) is 0 Å². The number of anilines is 3. The molecule has 0 spiro atoms. The predicted octanol–water partition coefficient (Wildman–Crippen LogP) is 1.97. The van der Waals surface area contributed by atoms with Crippen LogP contribution >= 0.6 is 0 Å². The number of amides is 4. The van der Waals surface area contributed by atoms with Crippen LogP contribution in [-0.4, -0.2) is 53.4 Å². The minimum Gasteiger partial charge on any atom is -0.393 e. The average Bonchev–Trinajstić information content (AvgIpc) is 2.80. The molecule has 0 aliphatic carbocycles. The highest BCUT2D eigenvalue weighted by molar-refractivity contribution is 6.03. The van der Waals surface area contributed by atoms with Gasteiger partial charge >= 0.3 is 6.03 Å². The van der Waals surface area contributed by atoms with Gasteiger partial charge in [-0.1, -0.05) is 0 Å². The summed E-state index contributed by atoms with van der Waals surface area (Å²) in [5.41, 5.74) is -1.89. The Bertz CT molecular complexity index is 1030. The molecule has 33 heavy (non-hydrogen) atoms. The van der Waals surface area contributed by atoms with Crippen molar-refractivity contribution >= 4 is 34.9 Å². The molecule has 0 radical (unpaired) electrons. The lowest BCUT2D eigenvalue weighted by Gasteiger charge is -2.30. The standard InChI is InChI=1S/C22H24F2N4O5/c23-14-4-6-15(7-5-14)25-21(33)27-22(12-29,13-30)20(32)26-18-9-8-16(11-17(18)24)28-10-2-1-3-19(28)31/h4-9,11,29-30H,1-3,10,12-13H2,(H,26,32)(H2,25,27,33). The van der Waals surface area contributed by atoms with Gasteiger partial charge < -0.3 is 31.1 Å². The summed E-state index contributed by atoms with van der Waals surface area (Å²) in [6, 6.07) is 7.64. The maximum Gasteiger partial charge on any atom is 0.320 e. The lowest BCUT2D eigenvalue weighted by atomic mass is 10.0. The summed E-state index contributed by atoms with van der Waals surface area (Å²) in [5.74, 6) is -2.53. The van der Waals surface area contributed by atoms with Crippen molar-refractivity contribution in [3.63, 3.8) is 0 Å². The van der Waals surface area contributed by atoms with Gasteiger partial charge in [0.25, 0.3) is 5.91 Å². The van der Waals surface area contributed by atoms with Crippen molar-refractivity contribution in [1.82, 2.24) is 5.32 Å². The number of hydrogen-bond donors (Lipinski definition) is 5. The molecule has 0 aromatic heterocycles. The van der Waals surface area contributed by atoms with Crippen LogP contribution in [0.25, 0.3) is 0 Å². The maximum atomic E-state index is 14.7. The van der Waals surface area contributed by atoms with Gasteiger partial charge in [0.15, 0.2) is 5.54 Å². The number of carbonyl (C=O) groups excluding carboxylic acids is 3. The van der Waals surface area contributed by atoms with Crippen LogP contribution in [0.5, 0.6) is 0 Å². The number of urea groups is 1. The lowest BCUT2D eigenvalue weighted by Crippen LogP contribution is -2.62. The number of aliphatic hydroxyl groups excluding tert-OH is 2. The van der Waals surface area contributed by atoms with Crippen LogP contribution in [0.4, 0.5) is 30.6 Å². The Balaban J connectivity index is 1.71. The third-order valence-corrected chi connectivity index (χ3v) is 5.27. The number of aliphatic hydroxyl groups is 2. The Hall–Kier alpha value is -3.57. The number of hydrogen-bond acceptors (Lipinski definition) is 5. The molecule has 1 saturated heterocycles. The van der Waals surface area contributed by atoms with Gasteiger partial charge in [0.05, 0.1) is 18.9 Å². The van der Waals surface area contributed by atoms with E-state index in [1.165, 1.54) is 29.2 Å². The second-order valence-corrected chi connectivity index (χ2v) is 7.61. The summed E-state index contributed by atoms with van der Waals surface area (Å²) in [4.78, 5) is 38.5. The molecule has 0 atom stereocenters. The Labute approximate surface area is 188 Å². The molecule has 1 aliphatic heterocycles. The van der Waals surface area contributed by atoms with Crippen molar-refractivity contribution in [2.24, 2.45) is 0 Å². The Morgan fingerprint density at radius 3 is 2.30 bits per heavy atom. The summed E-state index contributed by atoms with van der Waals surface area (Å²) in [6.07, 6.45) is 1.95. The number of piperidine rings is 1. The van der Waals surface area contributed by atoms with E-state index in [-0.39, 0.29) is 17.3 Å². The van der Waals surface area contributed by atoms with Gasteiger partial charge in [0.2, 0.25) is 5.91 Å². The van der Waals surface area contributed by atoms with Crippen LogP contribution in [-0.2, 0) is 9.59 Å². The third kappa shape index (κ3) is 5.62. The van der Waals surface area contributed by atoms with E-state index in [2.05, 4.69) is 16.0 Å². The molecule has 4 amide bonds. The summed E-state index contributed by atoms with van der Waals surface area (Å²) < 4.78 is 27.7. The molecule has 176 valence electrons. The molecule has 0 saturated carbocycles. The van der Waals surface area contributed by atoms with Crippen molar-refractivity contribution in [2.75, 3.05) is 35.3 Å². The van der Waals surface area contributed by atoms with Gasteiger partial charge in [-0.05, 0) is 55.3 Å². The van der Waals surface area contributed by atoms with Gasteiger partial charge in [-0.3, -0.25) is 9.59 Å². The van der Waals surface area contributed by atoms with Crippen LogP contribution in [0, 0.1) is 11.6 Å². The lowest BCUT2D eigenvalue weighted by molar-refractivity contribution is -0.125. The molecule has 3 rings (SSSR count). The largest absolute Gasteiger partial charge is 0.393 e. The van der Waals surface area contributed by atoms with Crippen LogP contribution < -0.4 is 20.9 Å². The smallest absolute Gasteiger partial charge is 0.320 e. The molecule has 1 aliphatic rings. The number of nitrogens with one attached hydrogen (secondary N) is 3. The fourth-order valence-electron chi connectivity index (χ4n) is 3.34. The second-order valence-electron chi connectivity index (χ2n) is 7.61. The van der Waals surface area contributed by atoms with E-state index in [4.69, 9.17) is 0 Å². The maximum absolute atomic E-state index is 14.7. The molecule has 2 aromatic rings. The van der Waals surface area contributed by atoms with Gasteiger partial charge in [-0.15, -0.1) is 0 Å². The normalized spacial score (nSPS) is 14.1. The van der Waals surface area contributed by atoms with Crippen molar-refractivity contribution < 1.29 is 33.4 Å². The fraction of sp³-hybridized carbons (Fsp3) is 0.318. The Kier molecular flexibility index (Phi) is 7.56. The van der Waals surface area contributed by atoms with E-state index in [9.17, 15) is 33.4 Å². The second kappa shape index (κ2) is 10.4. The highest BCUT2D eigenvalue weighted by atomic mass is 19.1. The molecule has 1 heterocycles. The fourth-order valence-corrected chi connectivity index (χ4v) is 3.34. The number of rotatable bonds is 7. The summed E-state index contributed by atoms with van der Waals surface area (Å²) in [5, 5.41) is 26.2. The molecule has 2 aromatic carbocycles. The van der Waals surface area contributed by atoms with Gasteiger partial charge in [0, 0.05) is 24.3 Å². The highest BCUT2D eigenvalue weighted by Gasteiger charge is 2.39. The molecule has 5 N–H and O–H groups in total. The van der Waals surface area contributed by atoms with Gasteiger partial charge in [-0.25, -0.2) is 13.6 Å². The first-order chi connectivity index (χ1) is 15.8. The minimum atomic E-state index is -2.18. The number of nitrogens with zero attached hydrogens (tertiary/aromatic N) is 1. The Morgan fingerprint density at radius 1 is 1.00 bits per heavy atom. The van der Waals surface area contributed by atoms with Crippen molar-refractivity contribution in [3.8, 4) is 0 Å². The first-order valence-electron chi connectivity index (χ1n) is 10.3. The molecule has 0 unspecified atom stereocenters. The van der Waals surface area contributed by atoms with E-state index >= 15 is 0 Å². The average molecular weight is 462 g/mol.